The predicted molar refractivity (Wildman–Crippen MR) is 77.6 cm³/mol. The van der Waals surface area contributed by atoms with Crippen molar-refractivity contribution in [2.75, 3.05) is 5.32 Å². The van der Waals surface area contributed by atoms with Crippen LogP contribution in [0.1, 0.15) is 15.9 Å². The van der Waals surface area contributed by atoms with E-state index >= 15 is 0 Å². The van der Waals surface area contributed by atoms with E-state index in [1.807, 2.05) is 6.07 Å². The van der Waals surface area contributed by atoms with E-state index in [0.29, 0.717) is 16.8 Å². The third kappa shape index (κ3) is 2.89. The number of benzene rings is 2. The van der Waals surface area contributed by atoms with Gasteiger partial charge in [0.05, 0.1) is 4.92 Å². The molecule has 0 atom stereocenters. The largest absolute Gasteiger partial charge is 0.321 e. The SMILES string of the molecule is C=Cc1cc([N+](=O)[O-])ccc1NC(=O)c1ccccc1. The molecule has 0 saturated heterocycles. The molecule has 2 rings (SSSR count). The zero-order valence-corrected chi connectivity index (χ0v) is 10.6. The quantitative estimate of drug-likeness (QED) is 0.681. The molecular weight excluding hydrogens is 256 g/mol. The zero-order valence-electron chi connectivity index (χ0n) is 10.6. The normalized spacial score (nSPS) is 9.80. The smallest absolute Gasteiger partial charge is 0.270 e. The fraction of sp³-hybridized carbons (Fsp3) is 0. The lowest BCUT2D eigenvalue weighted by atomic mass is 10.1. The Bertz CT molecular complexity index is 666. The summed E-state index contributed by atoms with van der Waals surface area (Å²) < 4.78 is 0. The molecule has 0 aromatic heterocycles. The molecule has 0 aliphatic rings. The summed E-state index contributed by atoms with van der Waals surface area (Å²) in [4.78, 5) is 22.2. The van der Waals surface area contributed by atoms with E-state index in [4.69, 9.17) is 0 Å². The lowest BCUT2D eigenvalue weighted by molar-refractivity contribution is -0.384. The number of carbonyl (C=O) groups excluding carboxylic acids is 1. The van der Waals surface area contributed by atoms with E-state index in [-0.39, 0.29) is 11.6 Å². The van der Waals surface area contributed by atoms with Crippen LogP contribution in [0.4, 0.5) is 11.4 Å². The number of hydrogen-bond donors (Lipinski definition) is 1. The Morgan fingerprint density at radius 3 is 2.50 bits per heavy atom. The molecule has 0 bridgehead atoms. The van der Waals surface area contributed by atoms with Gasteiger partial charge in [-0.15, -0.1) is 0 Å². The van der Waals surface area contributed by atoms with Crippen LogP contribution in [0.3, 0.4) is 0 Å². The van der Waals surface area contributed by atoms with E-state index in [2.05, 4.69) is 11.9 Å². The Labute approximate surface area is 115 Å². The summed E-state index contributed by atoms with van der Waals surface area (Å²) in [7, 11) is 0. The van der Waals surface area contributed by atoms with Crippen LogP contribution >= 0.6 is 0 Å². The lowest BCUT2D eigenvalue weighted by Crippen LogP contribution is -2.12. The molecule has 0 heterocycles. The molecule has 0 saturated carbocycles. The van der Waals surface area contributed by atoms with Crippen LogP contribution in [-0.2, 0) is 0 Å². The van der Waals surface area contributed by atoms with Gasteiger partial charge in [-0.05, 0) is 18.2 Å². The molecule has 0 fully saturated rings. The topological polar surface area (TPSA) is 72.2 Å². The van der Waals surface area contributed by atoms with Crippen molar-refractivity contribution in [2.45, 2.75) is 0 Å². The molecule has 0 aliphatic heterocycles. The van der Waals surface area contributed by atoms with Crippen molar-refractivity contribution in [3.63, 3.8) is 0 Å². The van der Waals surface area contributed by atoms with Crippen LogP contribution in [0.15, 0.2) is 55.1 Å². The minimum Gasteiger partial charge on any atom is -0.321 e. The first-order valence-electron chi connectivity index (χ1n) is 5.89. The number of nitrogens with zero attached hydrogens (tertiary/aromatic N) is 1. The molecule has 2 aromatic carbocycles. The molecule has 5 heteroatoms. The third-order valence-corrected chi connectivity index (χ3v) is 2.75. The van der Waals surface area contributed by atoms with Gasteiger partial charge in [0.1, 0.15) is 0 Å². The molecule has 0 aliphatic carbocycles. The molecule has 20 heavy (non-hydrogen) atoms. The summed E-state index contributed by atoms with van der Waals surface area (Å²) >= 11 is 0. The van der Waals surface area contributed by atoms with Gasteiger partial charge in [0, 0.05) is 28.9 Å². The first-order chi connectivity index (χ1) is 9.61. The van der Waals surface area contributed by atoms with Gasteiger partial charge in [-0.25, -0.2) is 0 Å². The van der Waals surface area contributed by atoms with Gasteiger partial charge in [0.2, 0.25) is 0 Å². The third-order valence-electron chi connectivity index (χ3n) is 2.75. The number of anilines is 1. The van der Waals surface area contributed by atoms with Gasteiger partial charge in [0.15, 0.2) is 0 Å². The fourth-order valence-electron chi connectivity index (χ4n) is 1.73. The first-order valence-corrected chi connectivity index (χ1v) is 5.89. The average molecular weight is 268 g/mol. The van der Waals surface area contributed by atoms with E-state index in [0.717, 1.165) is 0 Å². The Hall–Kier alpha value is -2.95. The highest BCUT2D eigenvalue weighted by molar-refractivity contribution is 6.05. The number of nitro benzene ring substituents is 1. The number of hydrogen-bond acceptors (Lipinski definition) is 3. The Morgan fingerprint density at radius 1 is 1.20 bits per heavy atom. The van der Waals surface area contributed by atoms with Crippen molar-refractivity contribution in [1.29, 1.82) is 0 Å². The van der Waals surface area contributed by atoms with E-state index < -0.39 is 4.92 Å². The zero-order chi connectivity index (χ0) is 14.5. The highest BCUT2D eigenvalue weighted by atomic mass is 16.6. The van der Waals surface area contributed by atoms with Crippen molar-refractivity contribution in [1.82, 2.24) is 0 Å². The maximum atomic E-state index is 12.0. The number of amides is 1. The molecule has 2 aromatic rings. The molecular formula is C15H12N2O3. The van der Waals surface area contributed by atoms with E-state index in [9.17, 15) is 14.9 Å². The number of nitro groups is 1. The van der Waals surface area contributed by atoms with Crippen molar-refractivity contribution in [3.8, 4) is 0 Å². The van der Waals surface area contributed by atoms with Gasteiger partial charge < -0.3 is 5.32 Å². The summed E-state index contributed by atoms with van der Waals surface area (Å²) in [6, 6.07) is 12.9. The minimum atomic E-state index is -0.490. The second-order valence-electron chi connectivity index (χ2n) is 4.05. The molecule has 0 radical (unpaired) electrons. The van der Waals surface area contributed by atoms with Gasteiger partial charge in [-0.1, -0.05) is 30.9 Å². The fourth-order valence-corrected chi connectivity index (χ4v) is 1.73. The molecule has 0 unspecified atom stereocenters. The molecule has 100 valence electrons. The Morgan fingerprint density at radius 2 is 1.90 bits per heavy atom. The number of rotatable bonds is 4. The molecule has 5 nitrogen and oxygen atoms in total. The maximum absolute atomic E-state index is 12.0. The Kier molecular flexibility index (Phi) is 3.91. The van der Waals surface area contributed by atoms with Crippen LogP contribution < -0.4 is 5.32 Å². The predicted octanol–water partition coefficient (Wildman–Crippen LogP) is 3.49. The van der Waals surface area contributed by atoms with Crippen LogP contribution in [0.25, 0.3) is 6.08 Å². The Balaban J connectivity index is 2.28. The lowest BCUT2D eigenvalue weighted by Gasteiger charge is -2.08. The van der Waals surface area contributed by atoms with Crippen LogP contribution in [-0.4, -0.2) is 10.8 Å². The molecule has 1 N–H and O–H groups in total. The van der Waals surface area contributed by atoms with Crippen molar-refractivity contribution >= 4 is 23.4 Å². The molecule has 0 spiro atoms. The monoisotopic (exact) mass is 268 g/mol. The average Bonchev–Trinajstić information content (AvgIpc) is 2.48. The highest BCUT2D eigenvalue weighted by Gasteiger charge is 2.11. The van der Waals surface area contributed by atoms with Gasteiger partial charge >= 0.3 is 0 Å². The summed E-state index contributed by atoms with van der Waals surface area (Å²) in [6.07, 6.45) is 1.47. The van der Waals surface area contributed by atoms with Crippen LogP contribution in [0.5, 0.6) is 0 Å². The minimum absolute atomic E-state index is 0.0439. The number of carbonyl (C=O) groups is 1. The van der Waals surface area contributed by atoms with Gasteiger partial charge in [0.25, 0.3) is 11.6 Å². The summed E-state index contributed by atoms with van der Waals surface area (Å²) in [5, 5.41) is 13.4. The summed E-state index contributed by atoms with van der Waals surface area (Å²) in [5.74, 6) is -0.275. The number of nitrogens with one attached hydrogen (secondary N) is 1. The van der Waals surface area contributed by atoms with E-state index in [1.165, 1.54) is 24.3 Å². The highest BCUT2D eigenvalue weighted by Crippen LogP contribution is 2.23. The van der Waals surface area contributed by atoms with Crippen LogP contribution in [0, 0.1) is 10.1 Å². The van der Waals surface area contributed by atoms with Crippen molar-refractivity contribution in [2.24, 2.45) is 0 Å². The summed E-state index contributed by atoms with van der Waals surface area (Å²) in [5.41, 5.74) is 1.46. The van der Waals surface area contributed by atoms with Gasteiger partial charge in [-0.3, -0.25) is 14.9 Å². The van der Waals surface area contributed by atoms with Gasteiger partial charge in [-0.2, -0.15) is 0 Å². The van der Waals surface area contributed by atoms with Crippen molar-refractivity contribution < 1.29 is 9.72 Å². The van der Waals surface area contributed by atoms with Crippen LogP contribution in [0.2, 0.25) is 0 Å². The van der Waals surface area contributed by atoms with Crippen molar-refractivity contribution in [3.05, 3.63) is 76.4 Å². The summed E-state index contributed by atoms with van der Waals surface area (Å²) in [6.45, 7) is 3.60. The number of non-ortho nitro benzene ring substituents is 1. The van der Waals surface area contributed by atoms with E-state index in [1.54, 1.807) is 24.3 Å². The second-order valence-corrected chi connectivity index (χ2v) is 4.05. The second kappa shape index (κ2) is 5.79. The molecule has 1 amide bonds. The first kappa shape index (κ1) is 13.5. The maximum Gasteiger partial charge on any atom is 0.270 e. The standard InChI is InChI=1S/C15H12N2O3/c1-2-11-10-13(17(19)20)8-9-14(11)16-15(18)12-6-4-3-5-7-12/h2-10H,1H2,(H,16,18).